The van der Waals surface area contributed by atoms with E-state index in [0.29, 0.717) is 11.3 Å². The van der Waals surface area contributed by atoms with Gasteiger partial charge in [0.15, 0.2) is 0 Å². The third kappa shape index (κ3) is 6.49. The van der Waals surface area contributed by atoms with Crippen molar-refractivity contribution in [3.8, 4) is 0 Å². The quantitative estimate of drug-likeness (QED) is 0.636. The molecule has 2 aromatic rings. The van der Waals surface area contributed by atoms with Crippen LogP contribution in [0.25, 0.3) is 0 Å². The van der Waals surface area contributed by atoms with E-state index >= 15 is 0 Å². The van der Waals surface area contributed by atoms with Crippen molar-refractivity contribution in [2.24, 2.45) is 0 Å². The predicted octanol–water partition coefficient (Wildman–Crippen LogP) is 2.00. The van der Waals surface area contributed by atoms with E-state index in [4.69, 9.17) is 0 Å². The minimum absolute atomic E-state index is 0.0990. The van der Waals surface area contributed by atoms with Crippen LogP contribution in [0.2, 0.25) is 0 Å². The minimum Gasteiger partial charge on any atom is -0.352 e. The molecule has 1 heterocycles. The van der Waals surface area contributed by atoms with Crippen LogP contribution in [-0.2, 0) is 26.2 Å². The van der Waals surface area contributed by atoms with Gasteiger partial charge in [-0.3, -0.25) is 14.3 Å². The number of hydrogen-bond acceptors (Lipinski definition) is 5. The summed E-state index contributed by atoms with van der Waals surface area (Å²) in [5, 5.41) is 7.43. The lowest BCUT2D eigenvalue weighted by Gasteiger charge is -2.17. The van der Waals surface area contributed by atoms with Gasteiger partial charge >= 0.3 is 0 Å². The Morgan fingerprint density at radius 3 is 2.50 bits per heavy atom. The lowest BCUT2D eigenvalue weighted by atomic mass is 10.1. The first-order valence-corrected chi connectivity index (χ1v) is 10.6. The molecule has 1 unspecified atom stereocenters. The number of anilines is 1. The van der Waals surface area contributed by atoms with Crippen LogP contribution in [0.3, 0.4) is 0 Å². The summed E-state index contributed by atoms with van der Waals surface area (Å²) >= 11 is 1.47. The molecule has 0 bridgehead atoms. The maximum atomic E-state index is 12.3. The van der Waals surface area contributed by atoms with Gasteiger partial charge in [0.1, 0.15) is 0 Å². The molecule has 9 heteroatoms. The Balaban J connectivity index is 2.01. The van der Waals surface area contributed by atoms with Crippen molar-refractivity contribution in [3.63, 3.8) is 0 Å². The molecule has 0 aliphatic heterocycles. The second-order valence-electron chi connectivity index (χ2n) is 5.78. The zero-order valence-corrected chi connectivity index (χ0v) is 16.1. The van der Waals surface area contributed by atoms with E-state index < -0.39 is 16.1 Å². The third-order valence-electron chi connectivity index (χ3n) is 3.44. The molecular formula is C17H21N3O4S2. The molecule has 2 rings (SSSR count). The number of carbonyl (C=O) groups is 2. The Labute approximate surface area is 156 Å². The summed E-state index contributed by atoms with van der Waals surface area (Å²) in [4.78, 5) is 24.6. The highest BCUT2D eigenvalue weighted by atomic mass is 32.2. The fourth-order valence-electron chi connectivity index (χ4n) is 2.38. The Hall–Kier alpha value is -2.39. The second-order valence-corrected chi connectivity index (χ2v) is 8.51. The number of carbonyl (C=O) groups excluding carboxylic acids is 2. The van der Waals surface area contributed by atoms with E-state index in [1.807, 2.05) is 17.5 Å². The Morgan fingerprint density at radius 1 is 1.15 bits per heavy atom. The molecule has 0 saturated carbocycles. The molecule has 3 N–H and O–H groups in total. The summed E-state index contributed by atoms with van der Waals surface area (Å²) in [7, 11) is -3.41. The molecule has 26 heavy (non-hydrogen) atoms. The molecule has 0 aliphatic carbocycles. The molecule has 0 saturated heterocycles. The zero-order valence-electron chi connectivity index (χ0n) is 14.5. The van der Waals surface area contributed by atoms with Crippen LogP contribution in [0, 0.1) is 0 Å². The molecule has 0 fully saturated rings. The maximum absolute atomic E-state index is 12.3. The van der Waals surface area contributed by atoms with E-state index in [2.05, 4.69) is 15.4 Å². The largest absolute Gasteiger partial charge is 0.352 e. The van der Waals surface area contributed by atoms with Crippen LogP contribution >= 0.6 is 11.3 Å². The highest BCUT2D eigenvalue weighted by molar-refractivity contribution is 7.92. The van der Waals surface area contributed by atoms with Crippen LogP contribution < -0.4 is 15.4 Å². The number of nitrogens with one attached hydrogen (secondary N) is 3. The normalized spacial score (nSPS) is 12.2. The van der Waals surface area contributed by atoms with Crippen LogP contribution in [0.5, 0.6) is 0 Å². The Kier molecular flexibility index (Phi) is 6.76. The van der Waals surface area contributed by atoms with Gasteiger partial charge in [0.25, 0.3) is 0 Å². The number of hydrogen-bond donors (Lipinski definition) is 3. The topological polar surface area (TPSA) is 104 Å². The van der Waals surface area contributed by atoms with Crippen LogP contribution in [0.4, 0.5) is 5.69 Å². The van der Waals surface area contributed by atoms with E-state index in [1.165, 1.54) is 18.3 Å². The van der Waals surface area contributed by atoms with Crippen LogP contribution in [-0.4, -0.2) is 26.5 Å². The summed E-state index contributed by atoms with van der Waals surface area (Å²) in [5.74, 6) is -0.454. The summed E-state index contributed by atoms with van der Waals surface area (Å²) in [5.41, 5.74) is 1.07. The van der Waals surface area contributed by atoms with Gasteiger partial charge in [-0.05, 0) is 23.1 Å². The standard InChI is InChI=1S/C17H21N3O4S2/c1-12(21)19-15(16-8-5-9-25-16)10-17(22)18-11-13-6-3-4-7-14(13)20-26(2,23)24/h3-9,15,20H,10-11H2,1-2H3,(H,18,22)(H,19,21). The summed E-state index contributed by atoms with van der Waals surface area (Å²) in [6, 6.07) is 10.2. The monoisotopic (exact) mass is 395 g/mol. The molecule has 1 aromatic heterocycles. The average molecular weight is 396 g/mol. The number of para-hydroxylation sites is 1. The Bertz CT molecular complexity index is 864. The first-order chi connectivity index (χ1) is 12.2. The summed E-state index contributed by atoms with van der Waals surface area (Å²) in [6.45, 7) is 1.58. The van der Waals surface area contributed by atoms with Crippen molar-refractivity contribution < 1.29 is 18.0 Å². The van der Waals surface area contributed by atoms with Gasteiger partial charge in [-0.15, -0.1) is 11.3 Å². The second kappa shape index (κ2) is 8.81. The van der Waals surface area contributed by atoms with Crippen molar-refractivity contribution >= 4 is 38.9 Å². The first kappa shape index (κ1) is 19.9. The summed E-state index contributed by atoms with van der Waals surface area (Å²) in [6.07, 6.45) is 1.17. The van der Waals surface area contributed by atoms with Crippen molar-refractivity contribution in [1.29, 1.82) is 0 Å². The molecule has 7 nitrogen and oxygen atoms in total. The number of amides is 2. The van der Waals surface area contributed by atoms with E-state index in [-0.39, 0.29) is 24.8 Å². The average Bonchev–Trinajstić information content (AvgIpc) is 3.06. The predicted molar refractivity (Wildman–Crippen MR) is 102 cm³/mol. The van der Waals surface area contributed by atoms with E-state index in [1.54, 1.807) is 24.3 Å². The highest BCUT2D eigenvalue weighted by Gasteiger charge is 2.18. The molecule has 140 valence electrons. The lowest BCUT2D eigenvalue weighted by Crippen LogP contribution is -2.32. The van der Waals surface area contributed by atoms with Gasteiger partial charge in [0.2, 0.25) is 21.8 Å². The van der Waals surface area contributed by atoms with Gasteiger partial charge in [-0.25, -0.2) is 8.42 Å². The van der Waals surface area contributed by atoms with Crippen molar-refractivity contribution in [3.05, 3.63) is 52.2 Å². The minimum atomic E-state index is -3.41. The molecule has 0 radical (unpaired) electrons. The summed E-state index contributed by atoms with van der Waals surface area (Å²) < 4.78 is 25.3. The zero-order chi connectivity index (χ0) is 19.2. The number of sulfonamides is 1. The lowest BCUT2D eigenvalue weighted by molar-refractivity contribution is -0.122. The first-order valence-electron chi connectivity index (χ1n) is 7.87. The maximum Gasteiger partial charge on any atom is 0.229 e. The fraction of sp³-hybridized carbons (Fsp3) is 0.294. The van der Waals surface area contributed by atoms with E-state index in [9.17, 15) is 18.0 Å². The van der Waals surface area contributed by atoms with E-state index in [0.717, 1.165) is 11.1 Å². The molecule has 0 spiro atoms. The van der Waals surface area contributed by atoms with Crippen LogP contribution in [0.1, 0.15) is 29.8 Å². The van der Waals surface area contributed by atoms with Gasteiger partial charge in [0, 0.05) is 18.3 Å². The van der Waals surface area contributed by atoms with Crippen molar-refractivity contribution in [2.75, 3.05) is 11.0 Å². The fourth-order valence-corrected chi connectivity index (χ4v) is 3.76. The Morgan fingerprint density at radius 2 is 1.88 bits per heavy atom. The highest BCUT2D eigenvalue weighted by Crippen LogP contribution is 2.22. The molecule has 1 atom stereocenters. The molecular weight excluding hydrogens is 374 g/mol. The van der Waals surface area contributed by atoms with Gasteiger partial charge in [0.05, 0.1) is 24.4 Å². The molecule has 2 amide bonds. The van der Waals surface area contributed by atoms with Crippen LogP contribution in [0.15, 0.2) is 41.8 Å². The molecule has 0 aliphatic rings. The molecule has 1 aromatic carbocycles. The number of rotatable bonds is 8. The number of benzene rings is 1. The van der Waals surface area contributed by atoms with Crippen molar-refractivity contribution in [2.45, 2.75) is 25.9 Å². The van der Waals surface area contributed by atoms with Gasteiger partial charge in [-0.2, -0.15) is 0 Å². The van der Waals surface area contributed by atoms with Gasteiger partial charge < -0.3 is 10.6 Å². The number of thiophene rings is 1. The third-order valence-corrected chi connectivity index (χ3v) is 5.02. The van der Waals surface area contributed by atoms with Crippen molar-refractivity contribution in [1.82, 2.24) is 10.6 Å². The SMILES string of the molecule is CC(=O)NC(CC(=O)NCc1ccccc1NS(C)(=O)=O)c1cccs1. The smallest absolute Gasteiger partial charge is 0.229 e. The van der Waals surface area contributed by atoms with Gasteiger partial charge in [-0.1, -0.05) is 24.3 Å².